The maximum atomic E-state index is 13.1. The lowest BCUT2D eigenvalue weighted by Crippen LogP contribution is -2.06. The molecule has 0 bridgehead atoms. The molecule has 3 aromatic heterocycles. The molecule has 9 heteroatoms. The highest BCUT2D eigenvalue weighted by Gasteiger charge is 2.24. The van der Waals surface area contributed by atoms with E-state index in [0.29, 0.717) is 22.2 Å². The van der Waals surface area contributed by atoms with Gasteiger partial charge in [-0.05, 0) is 56.0 Å². The molecular formula is C21H24N4O3S2. The fraction of sp³-hybridized carbons (Fsp3) is 0.333. The van der Waals surface area contributed by atoms with Crippen LogP contribution in [0, 0.1) is 27.7 Å². The van der Waals surface area contributed by atoms with Gasteiger partial charge < -0.3 is 4.40 Å². The van der Waals surface area contributed by atoms with E-state index in [9.17, 15) is 12.6 Å². The molecule has 0 N–H and O–H groups in total. The molecule has 4 rings (SSSR count). The first-order valence-electron chi connectivity index (χ1n) is 9.61. The molecule has 7 nitrogen and oxygen atoms in total. The molecule has 0 amide bonds. The van der Waals surface area contributed by atoms with Crippen LogP contribution in [0.4, 0.5) is 0 Å². The number of hydrogen-bond acceptors (Lipinski definition) is 5. The Labute approximate surface area is 178 Å². The van der Waals surface area contributed by atoms with E-state index in [1.165, 1.54) is 23.4 Å². The van der Waals surface area contributed by atoms with E-state index in [0.717, 1.165) is 22.0 Å². The van der Waals surface area contributed by atoms with Crippen molar-refractivity contribution in [3.8, 4) is 5.82 Å². The lowest BCUT2D eigenvalue weighted by molar-refractivity contribution is 0.602. The van der Waals surface area contributed by atoms with Gasteiger partial charge in [-0.25, -0.2) is 18.1 Å². The van der Waals surface area contributed by atoms with Crippen LogP contribution in [0.3, 0.4) is 0 Å². The van der Waals surface area contributed by atoms with E-state index in [1.807, 2.05) is 20.8 Å². The summed E-state index contributed by atoms with van der Waals surface area (Å²) in [7, 11) is -4.61. The maximum absolute atomic E-state index is 13.1. The topological polar surface area (TPSA) is 86.3 Å². The summed E-state index contributed by atoms with van der Waals surface area (Å²) in [6.07, 6.45) is 4.60. The van der Waals surface area contributed by atoms with Crippen molar-refractivity contribution in [1.82, 2.24) is 19.2 Å². The van der Waals surface area contributed by atoms with Crippen molar-refractivity contribution in [1.29, 1.82) is 0 Å². The molecule has 1 unspecified atom stereocenters. The summed E-state index contributed by atoms with van der Waals surface area (Å²) in [4.78, 5) is 4.80. The molecule has 1 atom stereocenters. The molecule has 158 valence electrons. The van der Waals surface area contributed by atoms with Crippen molar-refractivity contribution >= 4 is 37.2 Å². The Morgan fingerprint density at radius 2 is 1.73 bits per heavy atom. The fourth-order valence-electron chi connectivity index (χ4n) is 3.72. The Bertz CT molecular complexity index is 1460. The first kappa shape index (κ1) is 20.7. The van der Waals surface area contributed by atoms with Crippen LogP contribution in [0.5, 0.6) is 0 Å². The lowest BCUT2D eigenvalue weighted by atomic mass is 9.96. The van der Waals surface area contributed by atoms with Gasteiger partial charge in [0, 0.05) is 29.7 Å². The summed E-state index contributed by atoms with van der Waals surface area (Å²) >= 11 is 0. The Hall–Kier alpha value is -2.52. The molecule has 0 aliphatic rings. The SMILES string of the molecule is CCS(=O)c1c2c(C)c(C)c(C)c(C)c2nn1-c1cn2ccc(S(C)(=O)=O)cc2n1. The van der Waals surface area contributed by atoms with Gasteiger partial charge in [-0.15, -0.1) is 0 Å². The van der Waals surface area contributed by atoms with E-state index in [2.05, 4.69) is 18.8 Å². The van der Waals surface area contributed by atoms with Crippen molar-refractivity contribution in [2.45, 2.75) is 44.5 Å². The van der Waals surface area contributed by atoms with E-state index in [1.54, 1.807) is 27.5 Å². The van der Waals surface area contributed by atoms with Gasteiger partial charge in [0.2, 0.25) is 0 Å². The first-order valence-corrected chi connectivity index (χ1v) is 12.8. The minimum absolute atomic E-state index is 0.202. The highest BCUT2D eigenvalue weighted by atomic mass is 32.2. The van der Waals surface area contributed by atoms with Gasteiger partial charge in [-0.1, -0.05) is 6.92 Å². The van der Waals surface area contributed by atoms with Gasteiger partial charge in [0.25, 0.3) is 0 Å². The molecule has 0 saturated heterocycles. The summed E-state index contributed by atoms with van der Waals surface area (Å²) in [5.74, 6) is 0.959. The Kier molecular flexibility index (Phi) is 4.85. The highest BCUT2D eigenvalue weighted by Crippen LogP contribution is 2.34. The third-order valence-electron chi connectivity index (χ3n) is 5.80. The van der Waals surface area contributed by atoms with Crippen LogP contribution in [0.1, 0.15) is 29.2 Å². The number of benzene rings is 1. The number of rotatable bonds is 4. The van der Waals surface area contributed by atoms with Crippen LogP contribution >= 0.6 is 0 Å². The van der Waals surface area contributed by atoms with Crippen LogP contribution in [0.15, 0.2) is 34.4 Å². The minimum atomic E-state index is -3.34. The minimum Gasteiger partial charge on any atom is -0.305 e. The number of sulfone groups is 1. The molecular weight excluding hydrogens is 420 g/mol. The largest absolute Gasteiger partial charge is 0.305 e. The summed E-state index contributed by atoms with van der Waals surface area (Å²) in [5.41, 5.74) is 5.78. The smallest absolute Gasteiger partial charge is 0.175 e. The standard InChI is InChI=1S/C21H24N4O3S2/c1-7-29(26)21-19-14(4)12(2)13(3)15(5)20(19)23-25(21)18-11-24-9-8-16(30(6,27)28)10-17(24)22-18/h8-11H,7H2,1-6H3. The molecule has 1 aromatic carbocycles. The summed E-state index contributed by atoms with van der Waals surface area (Å²) in [6, 6.07) is 3.07. The lowest BCUT2D eigenvalue weighted by Gasteiger charge is -2.10. The Balaban J connectivity index is 2.07. The monoisotopic (exact) mass is 444 g/mol. The molecule has 30 heavy (non-hydrogen) atoms. The van der Waals surface area contributed by atoms with E-state index < -0.39 is 20.6 Å². The van der Waals surface area contributed by atoms with E-state index >= 15 is 0 Å². The molecule has 0 spiro atoms. The molecule has 4 aromatic rings. The third kappa shape index (κ3) is 3.07. The van der Waals surface area contributed by atoms with Crippen molar-refractivity contribution < 1.29 is 12.6 Å². The zero-order valence-electron chi connectivity index (χ0n) is 17.8. The van der Waals surface area contributed by atoms with Crippen LogP contribution in [0.25, 0.3) is 22.4 Å². The van der Waals surface area contributed by atoms with E-state index in [4.69, 9.17) is 5.10 Å². The van der Waals surface area contributed by atoms with Crippen LogP contribution in [0.2, 0.25) is 0 Å². The third-order valence-corrected chi connectivity index (χ3v) is 8.25. The summed E-state index contributed by atoms with van der Waals surface area (Å²) in [5, 5.41) is 6.35. The van der Waals surface area contributed by atoms with Crippen LogP contribution in [-0.2, 0) is 20.6 Å². The van der Waals surface area contributed by atoms with Crippen molar-refractivity contribution in [2.24, 2.45) is 0 Å². The average Bonchev–Trinajstić information content (AvgIpc) is 3.30. The molecule has 0 aliphatic carbocycles. The molecule has 0 radical (unpaired) electrons. The summed E-state index contributed by atoms with van der Waals surface area (Å²) < 4.78 is 40.3. The zero-order chi connectivity index (χ0) is 22.0. The van der Waals surface area contributed by atoms with Gasteiger partial charge in [0.15, 0.2) is 15.7 Å². The second kappa shape index (κ2) is 7.02. The molecule has 0 aliphatic heterocycles. The number of hydrogen-bond donors (Lipinski definition) is 0. The Morgan fingerprint density at radius 3 is 2.37 bits per heavy atom. The molecule has 3 heterocycles. The number of fused-ring (bicyclic) bond motifs is 2. The van der Waals surface area contributed by atoms with Gasteiger partial charge in [0.1, 0.15) is 10.7 Å². The Morgan fingerprint density at radius 1 is 1.07 bits per heavy atom. The van der Waals surface area contributed by atoms with Crippen LogP contribution in [-0.4, -0.2) is 43.8 Å². The van der Waals surface area contributed by atoms with Gasteiger partial charge >= 0.3 is 0 Å². The van der Waals surface area contributed by atoms with Crippen molar-refractivity contribution in [3.05, 3.63) is 46.8 Å². The highest BCUT2D eigenvalue weighted by molar-refractivity contribution is 7.90. The predicted octanol–water partition coefficient (Wildman–Crippen LogP) is 3.44. The maximum Gasteiger partial charge on any atom is 0.175 e. The summed E-state index contributed by atoms with van der Waals surface area (Å²) in [6.45, 7) is 10.1. The fourth-order valence-corrected chi connectivity index (χ4v) is 5.42. The zero-order valence-corrected chi connectivity index (χ0v) is 19.5. The molecule has 0 saturated carbocycles. The number of nitrogens with zero attached hydrogens (tertiary/aromatic N) is 4. The quantitative estimate of drug-likeness (QED) is 0.481. The van der Waals surface area contributed by atoms with Gasteiger partial charge in [0.05, 0.1) is 27.4 Å². The van der Waals surface area contributed by atoms with Crippen molar-refractivity contribution in [2.75, 3.05) is 12.0 Å². The predicted molar refractivity (Wildman–Crippen MR) is 119 cm³/mol. The van der Waals surface area contributed by atoms with Crippen molar-refractivity contribution in [3.63, 3.8) is 0 Å². The van der Waals surface area contributed by atoms with E-state index in [-0.39, 0.29) is 4.90 Å². The van der Waals surface area contributed by atoms with Crippen LogP contribution < -0.4 is 0 Å². The number of aromatic nitrogens is 4. The number of pyridine rings is 1. The number of aryl methyl sites for hydroxylation is 2. The average molecular weight is 445 g/mol. The second-order valence-corrected chi connectivity index (χ2v) is 11.2. The number of imidazole rings is 1. The van der Waals surface area contributed by atoms with Gasteiger partial charge in [-0.3, -0.25) is 4.21 Å². The first-order chi connectivity index (χ1) is 14.0. The van der Waals surface area contributed by atoms with Gasteiger partial charge in [-0.2, -0.15) is 5.10 Å². The normalized spacial score (nSPS) is 13.4. The second-order valence-electron chi connectivity index (χ2n) is 7.57. The molecule has 0 fully saturated rings.